The summed E-state index contributed by atoms with van der Waals surface area (Å²) in [6, 6.07) is 0. The van der Waals surface area contributed by atoms with E-state index in [0.717, 1.165) is 6.42 Å². The van der Waals surface area contributed by atoms with Crippen LogP contribution in [-0.2, 0) is 4.79 Å². The van der Waals surface area contributed by atoms with Crippen LogP contribution in [0.1, 0.15) is 19.3 Å². The Labute approximate surface area is 70.2 Å². The molecule has 0 spiro atoms. The fraction of sp³-hybridized carbons (Fsp3) is 0.875. The van der Waals surface area contributed by atoms with E-state index >= 15 is 0 Å². The molecule has 1 N–H and O–H groups in total. The van der Waals surface area contributed by atoms with Crippen LogP contribution in [0.5, 0.6) is 0 Å². The first-order chi connectivity index (χ1) is 5.62. The van der Waals surface area contributed by atoms with E-state index in [2.05, 4.69) is 0 Å². The monoisotopic (exact) mass is 173 g/mol. The molecule has 0 aromatic heterocycles. The van der Waals surface area contributed by atoms with Gasteiger partial charge in [-0.25, -0.2) is 4.39 Å². The molecular formula is C8H12FNO2. The lowest BCUT2D eigenvalue weighted by molar-refractivity contribution is -0.160. The predicted octanol–water partition coefficient (Wildman–Crippen LogP) is 0.0817. The topological polar surface area (TPSA) is 40.5 Å². The van der Waals surface area contributed by atoms with Crippen LogP contribution in [-0.4, -0.2) is 40.8 Å². The first-order valence-electron chi connectivity index (χ1n) is 4.28. The van der Waals surface area contributed by atoms with E-state index in [1.54, 1.807) is 0 Å². The Balaban J connectivity index is 1.92. The van der Waals surface area contributed by atoms with Gasteiger partial charge in [0.1, 0.15) is 0 Å². The lowest BCUT2D eigenvalue weighted by Crippen LogP contribution is -2.60. The largest absolute Gasteiger partial charge is 0.389 e. The van der Waals surface area contributed by atoms with Crippen LogP contribution >= 0.6 is 0 Å². The highest BCUT2D eigenvalue weighted by molar-refractivity contribution is 5.86. The lowest BCUT2D eigenvalue weighted by Gasteiger charge is -2.43. The Morgan fingerprint density at radius 3 is 2.42 bits per heavy atom. The molecular weight excluding hydrogens is 161 g/mol. The molecule has 1 saturated carbocycles. The van der Waals surface area contributed by atoms with Crippen molar-refractivity contribution >= 4 is 5.91 Å². The molecule has 2 rings (SSSR count). The van der Waals surface area contributed by atoms with Gasteiger partial charge >= 0.3 is 0 Å². The van der Waals surface area contributed by atoms with Gasteiger partial charge in [0.05, 0.1) is 6.10 Å². The van der Waals surface area contributed by atoms with E-state index in [-0.39, 0.29) is 0 Å². The van der Waals surface area contributed by atoms with Crippen molar-refractivity contribution in [2.75, 3.05) is 13.1 Å². The number of aliphatic hydroxyl groups is 1. The minimum Gasteiger partial charge on any atom is -0.389 e. The molecule has 4 heteroatoms. The molecule has 2 aliphatic rings. The summed E-state index contributed by atoms with van der Waals surface area (Å²) in [6.45, 7) is 0.620. The van der Waals surface area contributed by atoms with Gasteiger partial charge in [0.25, 0.3) is 5.91 Å². The van der Waals surface area contributed by atoms with E-state index in [9.17, 15) is 9.18 Å². The van der Waals surface area contributed by atoms with E-state index in [1.165, 1.54) is 4.90 Å². The summed E-state index contributed by atoms with van der Waals surface area (Å²) in [5, 5.41) is 8.91. The summed E-state index contributed by atoms with van der Waals surface area (Å²) < 4.78 is 13.4. The van der Waals surface area contributed by atoms with Crippen molar-refractivity contribution in [3.8, 4) is 0 Å². The van der Waals surface area contributed by atoms with Gasteiger partial charge in [-0.2, -0.15) is 0 Å². The summed E-state index contributed by atoms with van der Waals surface area (Å²) in [4.78, 5) is 12.7. The number of β-amino-alcohol motifs (C(OH)–C–C–N with tert-alkyl or cyclic N) is 1. The number of nitrogens with zero attached hydrogens (tertiary/aromatic N) is 1. The second kappa shape index (κ2) is 2.42. The maximum atomic E-state index is 13.4. The average Bonchev–Trinajstić information content (AvgIpc) is 1.93. The van der Waals surface area contributed by atoms with Crippen molar-refractivity contribution < 1.29 is 14.3 Å². The minimum absolute atomic E-state index is 0.310. The third-order valence-corrected chi connectivity index (χ3v) is 2.68. The molecule has 0 radical (unpaired) electrons. The van der Waals surface area contributed by atoms with Crippen LogP contribution < -0.4 is 0 Å². The van der Waals surface area contributed by atoms with Gasteiger partial charge < -0.3 is 10.0 Å². The van der Waals surface area contributed by atoms with Gasteiger partial charge in [0.15, 0.2) is 5.67 Å². The molecule has 12 heavy (non-hydrogen) atoms. The molecule has 0 aromatic carbocycles. The maximum Gasteiger partial charge on any atom is 0.260 e. The highest BCUT2D eigenvalue weighted by atomic mass is 19.1. The summed E-state index contributed by atoms with van der Waals surface area (Å²) in [7, 11) is 0. The summed E-state index contributed by atoms with van der Waals surface area (Å²) in [6.07, 6.45) is 1.09. The van der Waals surface area contributed by atoms with Crippen LogP contribution in [0.4, 0.5) is 4.39 Å². The van der Waals surface area contributed by atoms with Gasteiger partial charge in [0, 0.05) is 13.1 Å². The van der Waals surface area contributed by atoms with Crippen molar-refractivity contribution in [3.63, 3.8) is 0 Å². The summed E-state index contributed by atoms with van der Waals surface area (Å²) in [5.74, 6) is -0.418. The van der Waals surface area contributed by atoms with E-state index in [1.807, 2.05) is 0 Å². The zero-order chi connectivity index (χ0) is 8.77. The Bertz CT molecular complexity index is 209. The van der Waals surface area contributed by atoms with Crippen LogP contribution in [0.25, 0.3) is 0 Å². The number of rotatable bonds is 1. The Hall–Kier alpha value is -0.640. The number of carbonyl (C=O) groups excluding carboxylic acids is 1. The zero-order valence-corrected chi connectivity index (χ0v) is 6.79. The highest BCUT2D eigenvalue weighted by Crippen LogP contribution is 2.38. The average molecular weight is 173 g/mol. The van der Waals surface area contributed by atoms with Crippen LogP contribution in [0.2, 0.25) is 0 Å². The van der Waals surface area contributed by atoms with Gasteiger partial charge in [-0.1, -0.05) is 0 Å². The molecule has 1 heterocycles. The molecule has 1 aliphatic heterocycles. The molecule has 1 aliphatic carbocycles. The molecule has 68 valence electrons. The predicted molar refractivity (Wildman–Crippen MR) is 40.3 cm³/mol. The highest BCUT2D eigenvalue weighted by Gasteiger charge is 2.49. The maximum absolute atomic E-state index is 13.4. The minimum atomic E-state index is -1.58. The molecule has 0 aromatic rings. The molecule has 0 bridgehead atoms. The van der Waals surface area contributed by atoms with Crippen LogP contribution in [0.3, 0.4) is 0 Å². The molecule has 2 fully saturated rings. The lowest BCUT2D eigenvalue weighted by atomic mass is 9.80. The standard InChI is InChI=1S/C8H12FNO2/c9-8(2-1-3-8)7(12)10-4-6(11)5-10/h6,11H,1-5H2. The molecule has 0 unspecified atom stereocenters. The van der Waals surface area contributed by atoms with Gasteiger partial charge in [-0.15, -0.1) is 0 Å². The number of likely N-dealkylation sites (tertiary alicyclic amines) is 1. The first-order valence-corrected chi connectivity index (χ1v) is 4.28. The van der Waals surface area contributed by atoms with Crippen molar-refractivity contribution in [1.29, 1.82) is 0 Å². The van der Waals surface area contributed by atoms with Gasteiger partial charge in [0.2, 0.25) is 0 Å². The van der Waals surface area contributed by atoms with E-state index < -0.39 is 17.7 Å². The van der Waals surface area contributed by atoms with Gasteiger partial charge in [-0.3, -0.25) is 4.79 Å². The second-order valence-corrected chi connectivity index (χ2v) is 3.68. The smallest absolute Gasteiger partial charge is 0.260 e. The molecule has 1 saturated heterocycles. The Kier molecular flexibility index (Phi) is 1.61. The Morgan fingerprint density at radius 1 is 1.50 bits per heavy atom. The molecule has 0 atom stereocenters. The van der Waals surface area contributed by atoms with Crippen molar-refractivity contribution in [2.45, 2.75) is 31.0 Å². The molecule has 3 nitrogen and oxygen atoms in total. The number of alkyl halides is 1. The number of halogens is 1. The quantitative estimate of drug-likeness (QED) is 0.610. The number of carbonyl (C=O) groups is 1. The van der Waals surface area contributed by atoms with E-state index in [4.69, 9.17) is 5.11 Å². The number of aliphatic hydroxyl groups excluding tert-OH is 1. The SMILES string of the molecule is O=C(N1CC(O)C1)C1(F)CCC1. The van der Waals surface area contributed by atoms with Crippen LogP contribution in [0, 0.1) is 0 Å². The van der Waals surface area contributed by atoms with E-state index in [0.29, 0.717) is 25.9 Å². The summed E-state index contributed by atoms with van der Waals surface area (Å²) in [5.41, 5.74) is -1.58. The van der Waals surface area contributed by atoms with Gasteiger partial charge in [-0.05, 0) is 19.3 Å². The van der Waals surface area contributed by atoms with Crippen molar-refractivity contribution in [3.05, 3.63) is 0 Å². The normalized spacial score (nSPS) is 27.7. The number of hydrogen-bond donors (Lipinski definition) is 1. The number of hydrogen-bond acceptors (Lipinski definition) is 2. The summed E-state index contributed by atoms with van der Waals surface area (Å²) >= 11 is 0. The third kappa shape index (κ3) is 1.02. The zero-order valence-electron chi connectivity index (χ0n) is 6.79. The second-order valence-electron chi connectivity index (χ2n) is 3.68. The fourth-order valence-electron chi connectivity index (χ4n) is 1.61. The Morgan fingerprint density at radius 2 is 2.08 bits per heavy atom. The fourth-order valence-corrected chi connectivity index (χ4v) is 1.61. The molecule has 1 amide bonds. The number of amides is 1. The van der Waals surface area contributed by atoms with Crippen LogP contribution in [0.15, 0.2) is 0 Å². The van der Waals surface area contributed by atoms with Crippen molar-refractivity contribution in [1.82, 2.24) is 4.90 Å². The van der Waals surface area contributed by atoms with Crippen molar-refractivity contribution in [2.24, 2.45) is 0 Å². The third-order valence-electron chi connectivity index (χ3n) is 2.68. The first kappa shape index (κ1) is 7.98.